The molecule has 0 N–H and O–H groups in total. The molecule has 0 aliphatic heterocycles. The van der Waals surface area contributed by atoms with Crippen LogP contribution in [0.2, 0.25) is 0 Å². The van der Waals surface area contributed by atoms with E-state index in [0.717, 1.165) is 6.07 Å². The monoisotopic (exact) mass is 251 g/mol. The van der Waals surface area contributed by atoms with Crippen molar-refractivity contribution < 1.29 is 14.1 Å². The predicted molar refractivity (Wildman–Crippen MR) is 61.5 cm³/mol. The lowest BCUT2D eigenvalue weighted by atomic mass is 10.2. The number of hydrogen-bond donors (Lipinski definition) is 0. The number of benzene rings is 1. The molecule has 0 bridgehead atoms. The van der Waals surface area contributed by atoms with Gasteiger partial charge in [-0.3, -0.25) is 10.1 Å². The quantitative estimate of drug-likeness (QED) is 0.619. The summed E-state index contributed by atoms with van der Waals surface area (Å²) in [6.07, 6.45) is 3.09. The lowest BCUT2D eigenvalue weighted by molar-refractivity contribution is -0.385. The third-order valence-electron chi connectivity index (χ3n) is 2.53. The van der Waals surface area contributed by atoms with Gasteiger partial charge >= 0.3 is 5.69 Å². The predicted octanol–water partition coefficient (Wildman–Crippen LogP) is 2.24. The summed E-state index contributed by atoms with van der Waals surface area (Å²) >= 11 is 0. The molecule has 94 valence electrons. The summed E-state index contributed by atoms with van der Waals surface area (Å²) in [5.41, 5.74) is -0.246. The second kappa shape index (κ2) is 4.44. The van der Waals surface area contributed by atoms with Crippen molar-refractivity contribution in [1.82, 2.24) is 9.55 Å². The zero-order chi connectivity index (χ0) is 13.3. The van der Waals surface area contributed by atoms with Crippen LogP contribution in [0.1, 0.15) is 5.82 Å². The number of methoxy groups -OCH3 is 1. The molecule has 0 aliphatic carbocycles. The molecule has 0 saturated heterocycles. The molecule has 0 saturated carbocycles. The number of aryl methyl sites for hydroxylation is 1. The van der Waals surface area contributed by atoms with E-state index in [4.69, 9.17) is 4.74 Å². The van der Waals surface area contributed by atoms with Crippen LogP contribution in [-0.2, 0) is 0 Å². The van der Waals surface area contributed by atoms with Crippen LogP contribution in [0, 0.1) is 22.9 Å². The standard InChI is InChI=1S/C11H10FN3O3/c1-7-13-3-4-14(7)9-6-11(18-2)10(15(16)17)5-8(9)12/h3-6H,1-2H3. The van der Waals surface area contributed by atoms with Crippen molar-refractivity contribution in [3.63, 3.8) is 0 Å². The van der Waals surface area contributed by atoms with Gasteiger partial charge in [0.05, 0.1) is 23.8 Å². The van der Waals surface area contributed by atoms with Crippen molar-refractivity contribution >= 4 is 5.69 Å². The number of aromatic nitrogens is 2. The average Bonchev–Trinajstić information content (AvgIpc) is 2.75. The molecule has 2 aromatic rings. The molecular formula is C11H10FN3O3. The number of ether oxygens (including phenoxy) is 1. The first-order valence-electron chi connectivity index (χ1n) is 5.07. The minimum absolute atomic E-state index is 0.00417. The highest BCUT2D eigenvalue weighted by Gasteiger charge is 2.20. The van der Waals surface area contributed by atoms with Gasteiger partial charge in [0.2, 0.25) is 0 Å². The van der Waals surface area contributed by atoms with E-state index in [1.807, 2.05) is 0 Å². The largest absolute Gasteiger partial charge is 0.490 e. The van der Waals surface area contributed by atoms with E-state index in [1.165, 1.54) is 23.9 Å². The molecule has 0 unspecified atom stereocenters. The number of hydrogen-bond acceptors (Lipinski definition) is 4. The molecule has 0 fully saturated rings. The Bertz CT molecular complexity index is 610. The first-order valence-corrected chi connectivity index (χ1v) is 5.07. The fourth-order valence-corrected chi connectivity index (χ4v) is 1.66. The topological polar surface area (TPSA) is 70.2 Å². The van der Waals surface area contributed by atoms with Crippen molar-refractivity contribution in [3.05, 3.63) is 46.3 Å². The summed E-state index contributed by atoms with van der Waals surface area (Å²) in [5, 5.41) is 10.7. The molecule has 0 amide bonds. The van der Waals surface area contributed by atoms with E-state index < -0.39 is 16.4 Å². The second-order valence-electron chi connectivity index (χ2n) is 3.58. The molecular weight excluding hydrogens is 241 g/mol. The number of halogens is 1. The maximum Gasteiger partial charge on any atom is 0.313 e. The minimum Gasteiger partial charge on any atom is -0.490 e. The minimum atomic E-state index is -0.705. The Labute approximate surface area is 102 Å². The number of rotatable bonds is 3. The summed E-state index contributed by atoms with van der Waals surface area (Å²) in [6, 6.07) is 2.12. The first-order chi connectivity index (χ1) is 8.54. The van der Waals surface area contributed by atoms with Crippen LogP contribution in [0.4, 0.5) is 10.1 Å². The van der Waals surface area contributed by atoms with Crippen LogP contribution in [0.25, 0.3) is 5.69 Å². The molecule has 1 heterocycles. The van der Waals surface area contributed by atoms with Crippen molar-refractivity contribution in [3.8, 4) is 11.4 Å². The lowest BCUT2D eigenvalue weighted by Crippen LogP contribution is -2.02. The van der Waals surface area contributed by atoms with Crippen LogP contribution in [0.5, 0.6) is 5.75 Å². The van der Waals surface area contributed by atoms with Gasteiger partial charge in [-0.1, -0.05) is 0 Å². The van der Waals surface area contributed by atoms with Crippen LogP contribution < -0.4 is 4.74 Å². The molecule has 6 nitrogen and oxygen atoms in total. The van der Waals surface area contributed by atoms with Gasteiger partial charge in [-0.25, -0.2) is 9.37 Å². The summed E-state index contributed by atoms with van der Waals surface area (Å²) in [5.74, 6) is -0.127. The smallest absolute Gasteiger partial charge is 0.313 e. The zero-order valence-corrected chi connectivity index (χ0v) is 9.75. The maximum atomic E-state index is 13.9. The fraction of sp³-hybridized carbons (Fsp3) is 0.182. The Hall–Kier alpha value is -2.44. The van der Waals surface area contributed by atoms with Gasteiger partial charge in [0.25, 0.3) is 0 Å². The first kappa shape index (κ1) is 12.0. The van der Waals surface area contributed by atoms with Crippen LogP contribution >= 0.6 is 0 Å². The highest BCUT2D eigenvalue weighted by atomic mass is 19.1. The lowest BCUT2D eigenvalue weighted by Gasteiger charge is -2.09. The van der Waals surface area contributed by atoms with Crippen molar-refractivity contribution in [2.24, 2.45) is 0 Å². The third-order valence-corrected chi connectivity index (χ3v) is 2.53. The molecule has 0 spiro atoms. The Morgan fingerprint density at radius 3 is 2.72 bits per heavy atom. The van der Waals surface area contributed by atoms with Crippen molar-refractivity contribution in [2.45, 2.75) is 6.92 Å². The van der Waals surface area contributed by atoms with E-state index in [1.54, 1.807) is 13.1 Å². The van der Waals surface area contributed by atoms with Crippen molar-refractivity contribution in [2.75, 3.05) is 7.11 Å². The Morgan fingerprint density at radius 1 is 1.50 bits per heavy atom. The summed E-state index contributed by atoms with van der Waals surface area (Å²) in [6.45, 7) is 1.70. The number of nitro benzene ring substituents is 1. The molecule has 7 heteroatoms. The van der Waals surface area contributed by atoms with Gasteiger partial charge in [0.15, 0.2) is 11.6 Å². The van der Waals surface area contributed by atoms with Gasteiger partial charge in [0.1, 0.15) is 5.82 Å². The SMILES string of the molecule is COc1cc(-n2ccnc2C)c(F)cc1[N+](=O)[O-]. The molecule has 2 rings (SSSR count). The van der Waals surface area contributed by atoms with Gasteiger partial charge in [-0.05, 0) is 6.92 Å². The zero-order valence-electron chi connectivity index (χ0n) is 9.75. The average molecular weight is 251 g/mol. The fourth-order valence-electron chi connectivity index (χ4n) is 1.66. The van der Waals surface area contributed by atoms with Crippen LogP contribution in [0.15, 0.2) is 24.5 Å². The molecule has 0 aliphatic rings. The Morgan fingerprint density at radius 2 is 2.22 bits per heavy atom. The number of nitro groups is 1. The van der Waals surface area contributed by atoms with Gasteiger partial charge in [-0.2, -0.15) is 0 Å². The molecule has 0 atom stereocenters. The number of nitrogens with zero attached hydrogens (tertiary/aromatic N) is 3. The second-order valence-corrected chi connectivity index (χ2v) is 3.58. The van der Waals surface area contributed by atoms with Crippen LogP contribution in [0.3, 0.4) is 0 Å². The summed E-state index contributed by atoms with van der Waals surface area (Å²) in [7, 11) is 1.30. The normalized spacial score (nSPS) is 10.4. The van der Waals surface area contributed by atoms with E-state index in [-0.39, 0.29) is 11.4 Å². The highest BCUT2D eigenvalue weighted by Crippen LogP contribution is 2.31. The van der Waals surface area contributed by atoms with Crippen LogP contribution in [-0.4, -0.2) is 21.6 Å². The van der Waals surface area contributed by atoms with Crippen molar-refractivity contribution in [1.29, 1.82) is 0 Å². The van der Waals surface area contributed by atoms with Gasteiger partial charge < -0.3 is 9.30 Å². The summed E-state index contributed by atoms with van der Waals surface area (Å²) < 4.78 is 20.2. The number of imidazole rings is 1. The van der Waals surface area contributed by atoms with Gasteiger partial charge in [-0.15, -0.1) is 0 Å². The van der Waals surface area contributed by atoms with E-state index in [0.29, 0.717) is 5.82 Å². The molecule has 1 aromatic heterocycles. The Kier molecular flexibility index (Phi) is 2.97. The molecule has 18 heavy (non-hydrogen) atoms. The van der Waals surface area contributed by atoms with E-state index >= 15 is 0 Å². The third kappa shape index (κ3) is 1.90. The maximum absolute atomic E-state index is 13.9. The molecule has 1 aromatic carbocycles. The molecule has 0 radical (unpaired) electrons. The van der Waals surface area contributed by atoms with Gasteiger partial charge in [0, 0.05) is 18.5 Å². The highest BCUT2D eigenvalue weighted by molar-refractivity contribution is 5.54. The van der Waals surface area contributed by atoms with E-state index in [9.17, 15) is 14.5 Å². The summed E-state index contributed by atoms with van der Waals surface area (Å²) in [4.78, 5) is 14.0. The Balaban J connectivity index is 2.64. The van der Waals surface area contributed by atoms with E-state index in [2.05, 4.69) is 4.98 Å².